The van der Waals surface area contributed by atoms with Crippen molar-refractivity contribution in [1.82, 2.24) is 24.4 Å². The number of hydrogen-bond donors (Lipinski definition) is 1. The van der Waals surface area contributed by atoms with Crippen LogP contribution in [0.1, 0.15) is 38.8 Å². The molecule has 3 heterocycles. The van der Waals surface area contributed by atoms with Crippen molar-refractivity contribution in [1.29, 1.82) is 0 Å². The summed E-state index contributed by atoms with van der Waals surface area (Å²) >= 11 is 0. The van der Waals surface area contributed by atoms with Gasteiger partial charge in [0, 0.05) is 24.0 Å². The highest BCUT2D eigenvalue weighted by Crippen LogP contribution is 2.37. The molecule has 8 heteroatoms. The Morgan fingerprint density at radius 1 is 1.29 bits per heavy atom. The molecule has 1 aliphatic carbocycles. The van der Waals surface area contributed by atoms with Crippen LogP contribution >= 0.6 is 0 Å². The Hall–Kier alpha value is -3.29. The third kappa shape index (κ3) is 3.85. The van der Waals surface area contributed by atoms with Gasteiger partial charge in [0.15, 0.2) is 5.65 Å². The van der Waals surface area contributed by atoms with E-state index in [0.29, 0.717) is 16.7 Å². The summed E-state index contributed by atoms with van der Waals surface area (Å²) in [6, 6.07) is 6.64. The van der Waals surface area contributed by atoms with Gasteiger partial charge >= 0.3 is 0 Å². The molecule has 3 aromatic rings. The highest BCUT2D eigenvalue weighted by atomic mass is 16.2. The van der Waals surface area contributed by atoms with E-state index < -0.39 is 0 Å². The predicted octanol–water partition coefficient (Wildman–Crippen LogP) is 2.52. The fourth-order valence-corrected chi connectivity index (χ4v) is 3.27. The van der Waals surface area contributed by atoms with Gasteiger partial charge in [-0.2, -0.15) is 10.2 Å². The third-order valence-electron chi connectivity index (χ3n) is 5.03. The van der Waals surface area contributed by atoms with E-state index in [1.165, 1.54) is 17.1 Å². The number of carbonyl (C=O) groups is 1. The van der Waals surface area contributed by atoms with E-state index in [0.717, 1.165) is 30.5 Å². The van der Waals surface area contributed by atoms with Crippen molar-refractivity contribution < 1.29 is 4.79 Å². The number of hydrogen-bond acceptors (Lipinski definition) is 5. The summed E-state index contributed by atoms with van der Waals surface area (Å²) in [5.74, 6) is -0.325. The number of pyridine rings is 1. The number of nitrogens with one attached hydrogen (secondary N) is 1. The van der Waals surface area contributed by atoms with Crippen LogP contribution in [0, 0.1) is 5.41 Å². The molecule has 1 amide bonds. The molecule has 0 aliphatic heterocycles. The lowest BCUT2D eigenvalue weighted by Gasteiger charge is -2.28. The first-order valence-electron chi connectivity index (χ1n) is 9.26. The number of aromatic nitrogens is 5. The van der Waals surface area contributed by atoms with Gasteiger partial charge in [-0.25, -0.2) is 14.2 Å². The molecular weight excluding hydrogens is 356 g/mol. The molecule has 0 radical (unpaired) electrons. The second kappa shape index (κ2) is 7.03. The first-order valence-corrected chi connectivity index (χ1v) is 9.26. The van der Waals surface area contributed by atoms with Crippen LogP contribution in [0.25, 0.3) is 11.2 Å². The second-order valence-corrected chi connectivity index (χ2v) is 7.84. The van der Waals surface area contributed by atoms with E-state index in [9.17, 15) is 9.59 Å². The average molecular weight is 378 g/mol. The minimum atomic E-state index is -0.325. The Labute approximate surface area is 161 Å². The van der Waals surface area contributed by atoms with Crippen LogP contribution in [0.15, 0.2) is 47.7 Å². The van der Waals surface area contributed by atoms with Crippen molar-refractivity contribution in [3.63, 3.8) is 0 Å². The van der Waals surface area contributed by atoms with Crippen molar-refractivity contribution in [2.24, 2.45) is 5.41 Å². The van der Waals surface area contributed by atoms with E-state index in [1.54, 1.807) is 28.9 Å². The van der Waals surface area contributed by atoms with Gasteiger partial charge in [-0.05, 0) is 42.4 Å². The average Bonchev–Trinajstić information content (AvgIpc) is 3.11. The van der Waals surface area contributed by atoms with Gasteiger partial charge in [0.25, 0.3) is 5.56 Å². The largest absolute Gasteiger partial charge is 0.324 e. The van der Waals surface area contributed by atoms with Crippen molar-refractivity contribution in [2.45, 2.75) is 39.7 Å². The van der Waals surface area contributed by atoms with Gasteiger partial charge in [-0.1, -0.05) is 19.9 Å². The Bertz CT molecular complexity index is 1120. The number of carbonyl (C=O) groups excluding carboxylic acids is 1. The molecule has 8 nitrogen and oxygen atoms in total. The molecule has 0 atom stereocenters. The first-order chi connectivity index (χ1) is 13.4. The Balaban J connectivity index is 1.50. The minimum Gasteiger partial charge on any atom is -0.324 e. The molecule has 3 aromatic heterocycles. The van der Waals surface area contributed by atoms with Crippen LogP contribution in [-0.2, 0) is 11.3 Å². The predicted molar refractivity (Wildman–Crippen MR) is 106 cm³/mol. The molecule has 1 N–H and O–H groups in total. The molecule has 0 fully saturated rings. The van der Waals surface area contributed by atoms with Crippen LogP contribution in [0.2, 0.25) is 0 Å². The summed E-state index contributed by atoms with van der Waals surface area (Å²) in [5.41, 5.74) is 3.10. The van der Waals surface area contributed by atoms with Crippen LogP contribution in [0.5, 0.6) is 0 Å². The molecule has 0 aromatic carbocycles. The Kier molecular flexibility index (Phi) is 4.54. The lowest BCUT2D eigenvalue weighted by molar-refractivity contribution is -0.117. The molecule has 0 unspecified atom stereocenters. The van der Waals surface area contributed by atoms with Gasteiger partial charge in [-0.3, -0.25) is 9.59 Å². The quantitative estimate of drug-likeness (QED) is 0.753. The van der Waals surface area contributed by atoms with Gasteiger partial charge in [-0.15, -0.1) is 0 Å². The Morgan fingerprint density at radius 2 is 2.14 bits per heavy atom. The van der Waals surface area contributed by atoms with Gasteiger partial charge in [0.2, 0.25) is 5.91 Å². The molecule has 0 saturated carbocycles. The SMILES string of the molecule is CC1(C)CC=C(c2ccc(=O)n(CC(=O)Nc3ccn4ncnc4c3)n2)CC1. The fourth-order valence-electron chi connectivity index (χ4n) is 3.27. The molecular formula is C20H22N6O2. The zero-order valence-electron chi connectivity index (χ0n) is 15.9. The van der Waals surface area contributed by atoms with Crippen LogP contribution in [0.3, 0.4) is 0 Å². The zero-order valence-corrected chi connectivity index (χ0v) is 15.9. The molecule has 4 rings (SSSR count). The number of amides is 1. The topological polar surface area (TPSA) is 94.2 Å². The maximum Gasteiger partial charge on any atom is 0.267 e. The molecule has 144 valence electrons. The summed E-state index contributed by atoms with van der Waals surface area (Å²) in [7, 11) is 0. The maximum absolute atomic E-state index is 12.4. The number of anilines is 1. The van der Waals surface area contributed by atoms with Crippen molar-refractivity contribution in [3.05, 3.63) is 58.9 Å². The third-order valence-corrected chi connectivity index (χ3v) is 5.03. The van der Waals surface area contributed by atoms with Crippen molar-refractivity contribution in [3.8, 4) is 0 Å². The number of rotatable bonds is 4. The fraction of sp³-hybridized carbons (Fsp3) is 0.350. The lowest BCUT2D eigenvalue weighted by Crippen LogP contribution is -2.30. The standard InChI is InChI=1S/C20H22N6O2/c1-20(2)8-5-14(6-9-20)16-3-4-19(28)26(24-16)12-18(27)23-15-7-10-25-17(11-15)21-13-22-25/h3-5,7,10-11,13H,6,8-9,12H2,1-2H3,(H,23,27). The summed E-state index contributed by atoms with van der Waals surface area (Å²) in [5, 5.41) is 11.2. The highest BCUT2D eigenvalue weighted by molar-refractivity contribution is 5.90. The van der Waals surface area contributed by atoms with E-state index in [1.807, 2.05) is 0 Å². The highest BCUT2D eigenvalue weighted by Gasteiger charge is 2.22. The van der Waals surface area contributed by atoms with Crippen molar-refractivity contribution in [2.75, 3.05) is 5.32 Å². The zero-order chi connectivity index (χ0) is 19.7. The normalized spacial score (nSPS) is 16.0. The molecule has 1 aliphatic rings. The van der Waals surface area contributed by atoms with Gasteiger partial charge < -0.3 is 5.32 Å². The molecule has 0 bridgehead atoms. The smallest absolute Gasteiger partial charge is 0.267 e. The van der Waals surface area contributed by atoms with Crippen LogP contribution < -0.4 is 10.9 Å². The molecule has 28 heavy (non-hydrogen) atoms. The summed E-state index contributed by atoms with van der Waals surface area (Å²) in [4.78, 5) is 28.7. The van der Waals surface area contributed by atoms with Gasteiger partial charge in [0.05, 0.1) is 5.69 Å². The summed E-state index contributed by atoms with van der Waals surface area (Å²) < 4.78 is 2.81. The maximum atomic E-state index is 12.4. The first kappa shape index (κ1) is 18.1. The van der Waals surface area contributed by atoms with E-state index >= 15 is 0 Å². The van der Waals surface area contributed by atoms with E-state index in [4.69, 9.17) is 0 Å². The molecule has 0 saturated heterocycles. The second-order valence-electron chi connectivity index (χ2n) is 7.84. The van der Waals surface area contributed by atoms with Gasteiger partial charge in [0.1, 0.15) is 12.9 Å². The van der Waals surface area contributed by atoms with Crippen LogP contribution in [-0.4, -0.2) is 30.3 Å². The van der Waals surface area contributed by atoms with Crippen LogP contribution in [0.4, 0.5) is 5.69 Å². The monoisotopic (exact) mass is 378 g/mol. The number of nitrogens with zero attached hydrogens (tertiary/aromatic N) is 5. The summed E-state index contributed by atoms with van der Waals surface area (Å²) in [6.07, 6.45) is 8.31. The van der Waals surface area contributed by atoms with E-state index in [2.05, 4.69) is 40.4 Å². The molecule has 0 spiro atoms. The van der Waals surface area contributed by atoms with Crippen molar-refractivity contribution >= 4 is 22.8 Å². The lowest BCUT2D eigenvalue weighted by atomic mass is 9.78. The van der Waals surface area contributed by atoms with E-state index in [-0.39, 0.29) is 18.0 Å². The summed E-state index contributed by atoms with van der Waals surface area (Å²) in [6.45, 7) is 4.34. The number of fused-ring (bicyclic) bond motifs is 1. The Morgan fingerprint density at radius 3 is 2.93 bits per heavy atom. The minimum absolute atomic E-state index is 0.149. The number of allylic oxidation sites excluding steroid dienone is 2.